The van der Waals surface area contributed by atoms with Crippen LogP contribution in [-0.2, 0) is 0 Å². The van der Waals surface area contributed by atoms with Gasteiger partial charge in [-0.15, -0.1) is 11.3 Å². The first-order chi connectivity index (χ1) is 24.2. The van der Waals surface area contributed by atoms with E-state index >= 15 is 0 Å². The lowest BCUT2D eigenvalue weighted by Gasteiger charge is -2.14. The van der Waals surface area contributed by atoms with Gasteiger partial charge < -0.3 is 0 Å². The Morgan fingerprint density at radius 3 is 1.63 bits per heavy atom. The molecule has 0 N–H and O–H groups in total. The van der Waals surface area contributed by atoms with E-state index in [0.717, 1.165) is 44.8 Å². The van der Waals surface area contributed by atoms with Crippen LogP contribution in [0.2, 0.25) is 0 Å². The summed E-state index contributed by atoms with van der Waals surface area (Å²) >= 11 is 1.84. The van der Waals surface area contributed by atoms with Gasteiger partial charge in [-0.3, -0.25) is 4.98 Å². The molecular weight excluding hydrogens is 615 g/mol. The van der Waals surface area contributed by atoms with E-state index in [1.165, 1.54) is 36.9 Å². The van der Waals surface area contributed by atoms with Crippen LogP contribution in [0, 0.1) is 0 Å². The fraction of sp³-hybridized carbons (Fsp3) is 0. The van der Waals surface area contributed by atoms with Gasteiger partial charge in [0, 0.05) is 49.3 Å². The first-order valence-corrected chi connectivity index (χ1v) is 17.1. The summed E-state index contributed by atoms with van der Waals surface area (Å²) in [6.45, 7) is 0. The van der Waals surface area contributed by atoms with Crippen LogP contribution >= 0.6 is 11.3 Å². The minimum absolute atomic E-state index is 0.683. The van der Waals surface area contributed by atoms with Crippen LogP contribution in [0.15, 0.2) is 176 Å². The van der Waals surface area contributed by atoms with Gasteiger partial charge in [-0.2, -0.15) is 0 Å². The molecule has 230 valence electrons. The monoisotopic (exact) mass is 643 g/mol. The van der Waals surface area contributed by atoms with Crippen molar-refractivity contribution >= 4 is 31.5 Å². The van der Waals surface area contributed by atoms with E-state index in [2.05, 4.69) is 138 Å². The fourth-order valence-electron chi connectivity index (χ4n) is 6.47. The molecule has 0 aliphatic heterocycles. The zero-order valence-electron chi connectivity index (χ0n) is 26.5. The number of fused-ring (bicyclic) bond motifs is 3. The number of rotatable bonds is 6. The highest BCUT2D eigenvalue weighted by Crippen LogP contribution is 2.39. The lowest BCUT2D eigenvalue weighted by atomic mass is 9.93. The standard InChI is InChI=1S/C45H29N3S/c1-3-10-30(11-4-1)31-17-19-32(20-18-31)36-24-37(34-21-22-44-40(27-34)39-15-7-8-16-43(39)49-44)26-38(25-36)42-28-41(35-14-9-23-46-29-35)47-45(48-42)33-12-5-2-6-13-33/h1-29H. The summed E-state index contributed by atoms with van der Waals surface area (Å²) in [5.74, 6) is 0.683. The predicted molar refractivity (Wildman–Crippen MR) is 205 cm³/mol. The van der Waals surface area contributed by atoms with Gasteiger partial charge in [-0.1, -0.05) is 109 Å². The third-order valence-electron chi connectivity index (χ3n) is 8.98. The van der Waals surface area contributed by atoms with Crippen molar-refractivity contribution in [1.29, 1.82) is 0 Å². The summed E-state index contributed by atoms with van der Waals surface area (Å²) in [5.41, 5.74) is 11.6. The molecule has 9 rings (SSSR count). The predicted octanol–water partition coefficient (Wildman–Crippen LogP) is 12.2. The Morgan fingerprint density at radius 2 is 0.898 bits per heavy atom. The molecular formula is C45H29N3S. The van der Waals surface area contributed by atoms with E-state index in [1.807, 2.05) is 47.9 Å². The van der Waals surface area contributed by atoms with Gasteiger partial charge in [0.2, 0.25) is 0 Å². The first-order valence-electron chi connectivity index (χ1n) is 16.3. The van der Waals surface area contributed by atoms with Crippen molar-refractivity contribution in [3.63, 3.8) is 0 Å². The summed E-state index contributed by atoms with van der Waals surface area (Å²) in [5, 5.41) is 2.58. The molecule has 0 radical (unpaired) electrons. The van der Waals surface area contributed by atoms with Crippen LogP contribution in [0.25, 0.3) is 87.5 Å². The molecule has 49 heavy (non-hydrogen) atoms. The van der Waals surface area contributed by atoms with Crippen LogP contribution in [0.3, 0.4) is 0 Å². The summed E-state index contributed by atoms with van der Waals surface area (Å²) in [4.78, 5) is 14.6. The maximum Gasteiger partial charge on any atom is 0.160 e. The van der Waals surface area contributed by atoms with E-state index in [9.17, 15) is 0 Å². The molecule has 3 aromatic heterocycles. The van der Waals surface area contributed by atoms with Gasteiger partial charge in [-0.05, 0) is 88.0 Å². The second-order valence-electron chi connectivity index (χ2n) is 12.1. The van der Waals surface area contributed by atoms with Crippen LogP contribution in [-0.4, -0.2) is 15.0 Å². The quantitative estimate of drug-likeness (QED) is 0.181. The second-order valence-corrected chi connectivity index (χ2v) is 13.2. The molecule has 0 unspecified atom stereocenters. The minimum atomic E-state index is 0.683. The molecule has 0 spiro atoms. The molecule has 0 fully saturated rings. The number of hydrogen-bond acceptors (Lipinski definition) is 4. The summed E-state index contributed by atoms with van der Waals surface area (Å²) in [6.07, 6.45) is 3.65. The average molecular weight is 644 g/mol. The Hall–Kier alpha value is -6.23. The third kappa shape index (κ3) is 5.69. The Morgan fingerprint density at radius 1 is 0.347 bits per heavy atom. The highest BCUT2D eigenvalue weighted by Gasteiger charge is 2.15. The summed E-state index contributed by atoms with van der Waals surface area (Å²) in [6, 6.07) is 58.0. The van der Waals surface area contributed by atoms with Crippen molar-refractivity contribution in [3.8, 4) is 67.3 Å². The number of aromatic nitrogens is 3. The average Bonchev–Trinajstić information content (AvgIpc) is 3.57. The fourth-order valence-corrected chi connectivity index (χ4v) is 7.56. The Balaban J connectivity index is 1.24. The highest BCUT2D eigenvalue weighted by atomic mass is 32.1. The van der Waals surface area contributed by atoms with E-state index in [0.29, 0.717) is 5.82 Å². The Labute approximate surface area is 288 Å². The molecule has 0 aliphatic carbocycles. The molecule has 0 saturated heterocycles. The Kier molecular flexibility index (Phi) is 7.34. The molecule has 0 amide bonds. The topological polar surface area (TPSA) is 38.7 Å². The van der Waals surface area contributed by atoms with E-state index in [1.54, 1.807) is 6.20 Å². The molecule has 0 bridgehead atoms. The highest BCUT2D eigenvalue weighted by molar-refractivity contribution is 7.25. The van der Waals surface area contributed by atoms with Gasteiger partial charge >= 0.3 is 0 Å². The SMILES string of the molecule is c1ccc(-c2ccc(-c3cc(-c4ccc5sc6ccccc6c5c4)cc(-c4cc(-c5cccnc5)nc(-c5ccccc5)n4)c3)cc2)cc1. The van der Waals surface area contributed by atoms with Gasteiger partial charge in [0.25, 0.3) is 0 Å². The van der Waals surface area contributed by atoms with Gasteiger partial charge in [0.15, 0.2) is 5.82 Å². The zero-order chi connectivity index (χ0) is 32.6. The Bertz CT molecular complexity index is 2520. The van der Waals surface area contributed by atoms with Crippen LogP contribution in [0.4, 0.5) is 0 Å². The maximum absolute atomic E-state index is 5.18. The van der Waals surface area contributed by atoms with Crippen LogP contribution < -0.4 is 0 Å². The number of nitrogens with zero attached hydrogens (tertiary/aromatic N) is 3. The van der Waals surface area contributed by atoms with E-state index < -0.39 is 0 Å². The van der Waals surface area contributed by atoms with Crippen molar-refractivity contribution < 1.29 is 0 Å². The summed E-state index contributed by atoms with van der Waals surface area (Å²) in [7, 11) is 0. The van der Waals surface area contributed by atoms with Crippen molar-refractivity contribution in [2.45, 2.75) is 0 Å². The van der Waals surface area contributed by atoms with Crippen molar-refractivity contribution in [3.05, 3.63) is 176 Å². The lowest BCUT2D eigenvalue weighted by molar-refractivity contribution is 1.18. The molecule has 0 atom stereocenters. The number of pyridine rings is 1. The molecule has 3 nitrogen and oxygen atoms in total. The lowest BCUT2D eigenvalue weighted by Crippen LogP contribution is -1.96. The van der Waals surface area contributed by atoms with E-state index in [4.69, 9.17) is 9.97 Å². The smallest absolute Gasteiger partial charge is 0.160 e. The number of benzene rings is 6. The first kappa shape index (κ1) is 29.0. The number of thiophene rings is 1. The minimum Gasteiger partial charge on any atom is -0.264 e. The van der Waals surface area contributed by atoms with E-state index in [-0.39, 0.29) is 0 Å². The van der Waals surface area contributed by atoms with Crippen LogP contribution in [0.1, 0.15) is 0 Å². The third-order valence-corrected chi connectivity index (χ3v) is 10.1. The van der Waals surface area contributed by atoms with Gasteiger partial charge in [0.05, 0.1) is 11.4 Å². The van der Waals surface area contributed by atoms with Gasteiger partial charge in [0.1, 0.15) is 0 Å². The van der Waals surface area contributed by atoms with Gasteiger partial charge in [-0.25, -0.2) is 9.97 Å². The van der Waals surface area contributed by atoms with Crippen molar-refractivity contribution in [1.82, 2.24) is 15.0 Å². The normalized spacial score (nSPS) is 11.3. The van der Waals surface area contributed by atoms with Crippen molar-refractivity contribution in [2.75, 3.05) is 0 Å². The van der Waals surface area contributed by atoms with Crippen molar-refractivity contribution in [2.24, 2.45) is 0 Å². The molecule has 4 heteroatoms. The zero-order valence-corrected chi connectivity index (χ0v) is 27.3. The largest absolute Gasteiger partial charge is 0.264 e. The maximum atomic E-state index is 5.18. The molecule has 3 heterocycles. The van der Waals surface area contributed by atoms with Crippen LogP contribution in [0.5, 0.6) is 0 Å². The number of hydrogen-bond donors (Lipinski definition) is 0. The molecule has 0 aliphatic rings. The molecule has 0 saturated carbocycles. The molecule has 9 aromatic rings. The summed E-state index contributed by atoms with van der Waals surface area (Å²) < 4.78 is 2.60. The second kappa shape index (κ2) is 12.4. The molecule has 6 aromatic carbocycles.